The lowest BCUT2D eigenvalue weighted by atomic mass is 9.86. The Balaban J connectivity index is 2.01. The van der Waals surface area contributed by atoms with Gasteiger partial charge in [-0.05, 0) is 64.2 Å². The molecule has 0 spiro atoms. The smallest absolute Gasteiger partial charge is 0.310 e. The molecule has 1 atom stereocenters. The van der Waals surface area contributed by atoms with Crippen LogP contribution in [0.15, 0.2) is 36.0 Å². The highest BCUT2D eigenvalue weighted by Gasteiger charge is 2.22. The highest BCUT2D eigenvalue weighted by molar-refractivity contribution is 5.73. The van der Waals surface area contributed by atoms with Gasteiger partial charge < -0.3 is 5.11 Å². The Morgan fingerprint density at radius 2 is 1.69 bits per heavy atom. The van der Waals surface area contributed by atoms with Crippen molar-refractivity contribution in [2.45, 2.75) is 103 Å². The lowest BCUT2D eigenvalue weighted by Crippen LogP contribution is -2.17. The number of carboxylic acid groups (broad SMARTS) is 1. The van der Waals surface area contributed by atoms with E-state index in [-0.39, 0.29) is 5.92 Å². The second kappa shape index (κ2) is 15.9. The number of carbonyl (C=O) groups is 1. The summed E-state index contributed by atoms with van der Waals surface area (Å²) in [5.41, 5.74) is 1.19. The first-order valence-electron chi connectivity index (χ1n) is 11.0. The molecular weight excluding hydrogens is 320 g/mol. The number of unbranched alkanes of at least 4 members (excludes halogenated alkanes) is 7. The van der Waals surface area contributed by atoms with Gasteiger partial charge in [-0.2, -0.15) is 0 Å². The van der Waals surface area contributed by atoms with Crippen LogP contribution in [0.3, 0.4) is 0 Å². The third kappa shape index (κ3) is 11.3. The maximum absolute atomic E-state index is 11.5. The van der Waals surface area contributed by atoms with Gasteiger partial charge in [-0.25, -0.2) is 0 Å². The first-order valence-corrected chi connectivity index (χ1v) is 11.0. The zero-order chi connectivity index (χ0) is 18.9. The molecule has 2 heteroatoms. The molecule has 0 aromatic carbocycles. The summed E-state index contributed by atoms with van der Waals surface area (Å²) in [5.74, 6) is -0.844. The largest absolute Gasteiger partial charge is 0.481 e. The van der Waals surface area contributed by atoms with Gasteiger partial charge in [0.15, 0.2) is 0 Å². The van der Waals surface area contributed by atoms with Crippen molar-refractivity contribution in [3.05, 3.63) is 36.0 Å². The average molecular weight is 361 g/mol. The first-order chi connectivity index (χ1) is 12.8. The standard InChI is InChI=1S/C24H40O2/c1-2-3-4-5-6-7-8-9-10-11-12-13-14-18-21-23(24(25)26)22-19-16-15-17-20-22/h6-7,9-10,19,23H,2-5,8,11-18,20-21H2,1H3,(H,25,26). The molecule has 2 nitrogen and oxygen atoms in total. The second-order valence-corrected chi connectivity index (χ2v) is 7.58. The molecule has 1 aliphatic rings. The molecule has 1 N–H and O–H groups in total. The maximum atomic E-state index is 11.5. The Bertz CT molecular complexity index is 445. The van der Waals surface area contributed by atoms with E-state index in [1.807, 2.05) is 0 Å². The van der Waals surface area contributed by atoms with Crippen LogP contribution in [0, 0.1) is 5.92 Å². The van der Waals surface area contributed by atoms with Crippen molar-refractivity contribution in [3.8, 4) is 0 Å². The molecule has 1 aliphatic carbocycles. The molecule has 0 bridgehead atoms. The van der Waals surface area contributed by atoms with Gasteiger partial charge in [-0.15, -0.1) is 0 Å². The van der Waals surface area contributed by atoms with Crippen molar-refractivity contribution < 1.29 is 9.90 Å². The molecular formula is C24H40O2. The number of hydrogen-bond acceptors (Lipinski definition) is 1. The average Bonchev–Trinajstić information content (AvgIpc) is 2.65. The number of carboxylic acids is 1. The summed E-state index contributed by atoms with van der Waals surface area (Å²) >= 11 is 0. The summed E-state index contributed by atoms with van der Waals surface area (Å²) in [4.78, 5) is 11.5. The van der Waals surface area contributed by atoms with Crippen LogP contribution in [0.5, 0.6) is 0 Å². The lowest BCUT2D eigenvalue weighted by Gasteiger charge is -2.19. The van der Waals surface area contributed by atoms with Gasteiger partial charge in [-0.1, -0.05) is 75.0 Å². The molecule has 1 rings (SSSR count). The topological polar surface area (TPSA) is 37.3 Å². The Labute approximate surface area is 161 Å². The molecule has 0 fully saturated rings. The first kappa shape index (κ1) is 22.7. The van der Waals surface area contributed by atoms with E-state index in [1.54, 1.807) is 0 Å². The quantitative estimate of drug-likeness (QED) is 0.241. The Morgan fingerprint density at radius 3 is 2.31 bits per heavy atom. The minimum absolute atomic E-state index is 0.223. The molecule has 0 aromatic heterocycles. The Hall–Kier alpha value is -1.31. The minimum Gasteiger partial charge on any atom is -0.481 e. The predicted molar refractivity (Wildman–Crippen MR) is 112 cm³/mol. The molecule has 0 aromatic rings. The van der Waals surface area contributed by atoms with Crippen LogP contribution in [0.2, 0.25) is 0 Å². The van der Waals surface area contributed by atoms with Crippen LogP contribution in [0.4, 0.5) is 0 Å². The summed E-state index contributed by atoms with van der Waals surface area (Å²) < 4.78 is 0. The molecule has 0 aliphatic heterocycles. The number of hydrogen-bond donors (Lipinski definition) is 1. The van der Waals surface area contributed by atoms with Crippen LogP contribution in [-0.4, -0.2) is 11.1 Å². The van der Waals surface area contributed by atoms with Crippen molar-refractivity contribution in [1.82, 2.24) is 0 Å². The second-order valence-electron chi connectivity index (χ2n) is 7.58. The highest BCUT2D eigenvalue weighted by Crippen LogP contribution is 2.28. The molecule has 1 unspecified atom stereocenters. The van der Waals surface area contributed by atoms with E-state index >= 15 is 0 Å². The van der Waals surface area contributed by atoms with E-state index in [0.717, 1.165) is 51.4 Å². The van der Waals surface area contributed by atoms with E-state index in [4.69, 9.17) is 0 Å². The van der Waals surface area contributed by atoms with Crippen molar-refractivity contribution in [2.75, 3.05) is 0 Å². The van der Waals surface area contributed by atoms with E-state index in [1.165, 1.54) is 50.5 Å². The fourth-order valence-corrected chi connectivity index (χ4v) is 3.63. The van der Waals surface area contributed by atoms with Gasteiger partial charge >= 0.3 is 5.97 Å². The monoisotopic (exact) mass is 360 g/mol. The van der Waals surface area contributed by atoms with Crippen LogP contribution < -0.4 is 0 Å². The maximum Gasteiger partial charge on any atom is 0.310 e. The van der Waals surface area contributed by atoms with Crippen molar-refractivity contribution in [2.24, 2.45) is 5.92 Å². The molecule has 0 heterocycles. The van der Waals surface area contributed by atoms with Gasteiger partial charge in [0.2, 0.25) is 0 Å². The van der Waals surface area contributed by atoms with Crippen LogP contribution in [0.25, 0.3) is 0 Å². The normalized spacial score (nSPS) is 16.3. The van der Waals surface area contributed by atoms with Crippen molar-refractivity contribution >= 4 is 5.97 Å². The Kier molecular flexibility index (Phi) is 13.9. The van der Waals surface area contributed by atoms with E-state index in [9.17, 15) is 9.90 Å². The van der Waals surface area contributed by atoms with Crippen LogP contribution in [-0.2, 0) is 4.79 Å². The third-order valence-electron chi connectivity index (χ3n) is 5.27. The third-order valence-corrected chi connectivity index (χ3v) is 5.27. The zero-order valence-electron chi connectivity index (χ0n) is 16.9. The predicted octanol–water partition coefficient (Wildman–Crippen LogP) is 7.61. The number of aliphatic carboxylic acids is 1. The van der Waals surface area contributed by atoms with E-state index < -0.39 is 5.97 Å². The molecule has 0 saturated heterocycles. The summed E-state index contributed by atoms with van der Waals surface area (Å²) in [6.45, 7) is 2.24. The minimum atomic E-state index is -0.621. The molecule has 0 saturated carbocycles. The fraction of sp³-hybridized carbons (Fsp3) is 0.708. The van der Waals surface area contributed by atoms with Gasteiger partial charge in [0, 0.05) is 0 Å². The van der Waals surface area contributed by atoms with E-state index in [2.05, 4.69) is 37.3 Å². The summed E-state index contributed by atoms with van der Waals surface area (Å²) in [6.07, 6.45) is 28.6. The van der Waals surface area contributed by atoms with E-state index in [0.29, 0.717) is 0 Å². The molecule has 26 heavy (non-hydrogen) atoms. The molecule has 148 valence electrons. The lowest BCUT2D eigenvalue weighted by molar-refractivity contribution is -0.140. The van der Waals surface area contributed by atoms with Crippen molar-refractivity contribution in [3.63, 3.8) is 0 Å². The molecule has 0 radical (unpaired) electrons. The number of rotatable bonds is 15. The SMILES string of the molecule is CCCCCC=CCC=CCCCCCCC(C(=O)O)C1=CCCCC1. The zero-order valence-corrected chi connectivity index (χ0v) is 16.9. The van der Waals surface area contributed by atoms with Crippen LogP contribution >= 0.6 is 0 Å². The summed E-state index contributed by atoms with van der Waals surface area (Å²) in [6, 6.07) is 0. The van der Waals surface area contributed by atoms with Crippen LogP contribution in [0.1, 0.15) is 103 Å². The summed E-state index contributed by atoms with van der Waals surface area (Å²) in [5, 5.41) is 9.47. The fourth-order valence-electron chi connectivity index (χ4n) is 3.63. The molecule has 0 amide bonds. The highest BCUT2D eigenvalue weighted by atomic mass is 16.4. The van der Waals surface area contributed by atoms with Crippen molar-refractivity contribution in [1.29, 1.82) is 0 Å². The van der Waals surface area contributed by atoms with Gasteiger partial charge in [0.1, 0.15) is 0 Å². The summed E-state index contributed by atoms with van der Waals surface area (Å²) in [7, 11) is 0. The number of allylic oxidation sites excluding steroid dienone is 5. The van der Waals surface area contributed by atoms with Gasteiger partial charge in [0.05, 0.1) is 5.92 Å². The van der Waals surface area contributed by atoms with Gasteiger partial charge in [-0.3, -0.25) is 4.79 Å². The Morgan fingerprint density at radius 1 is 1.00 bits per heavy atom. The van der Waals surface area contributed by atoms with Gasteiger partial charge in [0.25, 0.3) is 0 Å².